The average Bonchev–Trinajstić information content (AvgIpc) is 2.73. The summed E-state index contributed by atoms with van der Waals surface area (Å²) in [6, 6.07) is 13.1. The van der Waals surface area contributed by atoms with Crippen molar-refractivity contribution in [3.8, 4) is 0 Å². The number of halogens is 1. The molecule has 5 nitrogen and oxygen atoms in total. The second-order valence-electron chi connectivity index (χ2n) is 7.47. The average molecular weight is 451 g/mol. The number of nitrogens with one attached hydrogen (secondary N) is 1. The lowest BCUT2D eigenvalue weighted by atomic mass is 9.99. The first-order chi connectivity index (χ1) is 14.3. The maximum Gasteiger partial charge on any atom is 0.264 e. The molecule has 7 heteroatoms. The normalized spacial score (nSPS) is 12.4. The van der Waals surface area contributed by atoms with Gasteiger partial charge in [-0.15, -0.1) is 0 Å². The number of nitrogens with zero attached hydrogens (tertiary/aromatic N) is 1. The number of carbonyl (C=O) groups excluding carboxylic acids is 1. The highest BCUT2D eigenvalue weighted by Gasteiger charge is 2.28. The summed E-state index contributed by atoms with van der Waals surface area (Å²) in [6.45, 7) is 6.36. The molecule has 1 amide bonds. The van der Waals surface area contributed by atoms with E-state index in [0.29, 0.717) is 23.2 Å². The van der Waals surface area contributed by atoms with Gasteiger partial charge in [0, 0.05) is 11.6 Å². The molecule has 1 atom stereocenters. The minimum Gasteiger partial charge on any atom is -0.354 e. The van der Waals surface area contributed by atoms with Gasteiger partial charge in [0.15, 0.2) is 0 Å². The van der Waals surface area contributed by atoms with Crippen LogP contribution in [0.4, 0.5) is 5.69 Å². The summed E-state index contributed by atoms with van der Waals surface area (Å²) in [4.78, 5) is 12.8. The molecule has 0 aliphatic heterocycles. The van der Waals surface area contributed by atoms with Gasteiger partial charge in [-0.05, 0) is 55.2 Å². The van der Waals surface area contributed by atoms with Crippen LogP contribution in [0, 0.1) is 12.8 Å². The smallest absolute Gasteiger partial charge is 0.264 e. The fraction of sp³-hybridized carbons (Fsp3) is 0.435. The van der Waals surface area contributed by atoms with Crippen LogP contribution >= 0.6 is 11.6 Å². The summed E-state index contributed by atoms with van der Waals surface area (Å²) in [6.07, 6.45) is 4.27. The lowest BCUT2D eigenvalue weighted by Gasteiger charge is -2.26. The molecule has 0 saturated carbocycles. The Hall–Kier alpha value is -2.05. The van der Waals surface area contributed by atoms with Crippen LogP contribution in [0.2, 0.25) is 5.02 Å². The highest BCUT2D eigenvalue weighted by atomic mass is 35.5. The van der Waals surface area contributed by atoms with Crippen LogP contribution in [0.25, 0.3) is 0 Å². The van der Waals surface area contributed by atoms with Crippen molar-refractivity contribution in [2.24, 2.45) is 5.92 Å². The molecule has 0 heterocycles. The van der Waals surface area contributed by atoms with E-state index in [2.05, 4.69) is 19.2 Å². The highest BCUT2D eigenvalue weighted by molar-refractivity contribution is 7.92. The van der Waals surface area contributed by atoms with Gasteiger partial charge in [0.25, 0.3) is 10.0 Å². The predicted octanol–water partition coefficient (Wildman–Crippen LogP) is 5.18. The van der Waals surface area contributed by atoms with Crippen molar-refractivity contribution >= 4 is 33.2 Å². The third-order valence-corrected chi connectivity index (χ3v) is 7.23. The fourth-order valence-corrected chi connectivity index (χ4v) is 4.88. The second kappa shape index (κ2) is 11.4. The highest BCUT2D eigenvalue weighted by Crippen LogP contribution is 2.27. The molecular weight excluding hydrogens is 420 g/mol. The number of amides is 1. The quantitative estimate of drug-likeness (QED) is 0.513. The fourth-order valence-electron chi connectivity index (χ4n) is 3.26. The first kappa shape index (κ1) is 24.2. The first-order valence-corrected chi connectivity index (χ1v) is 12.2. The second-order valence-corrected chi connectivity index (χ2v) is 9.77. The van der Waals surface area contributed by atoms with Crippen LogP contribution in [0.1, 0.15) is 45.1 Å². The number of carbonyl (C=O) groups is 1. The summed E-state index contributed by atoms with van der Waals surface area (Å²) < 4.78 is 27.9. The number of benzene rings is 2. The zero-order chi connectivity index (χ0) is 22.1. The van der Waals surface area contributed by atoms with Crippen LogP contribution in [-0.2, 0) is 14.8 Å². The Bertz CT molecular complexity index is 930. The molecule has 0 aromatic heterocycles. The Morgan fingerprint density at radius 1 is 1.10 bits per heavy atom. The van der Waals surface area contributed by atoms with Gasteiger partial charge in [-0.1, -0.05) is 62.9 Å². The molecular formula is C23H31ClN2O3S. The Labute approximate surface area is 185 Å². The first-order valence-electron chi connectivity index (χ1n) is 10.4. The summed E-state index contributed by atoms with van der Waals surface area (Å²) in [5.74, 6) is 0.0828. The van der Waals surface area contributed by atoms with Crippen LogP contribution in [-0.4, -0.2) is 27.4 Å². The molecule has 0 radical (unpaired) electrons. The topological polar surface area (TPSA) is 66.5 Å². The molecule has 0 bridgehead atoms. The van der Waals surface area contributed by atoms with Crippen molar-refractivity contribution in [2.45, 2.75) is 51.3 Å². The van der Waals surface area contributed by atoms with Crippen molar-refractivity contribution in [1.82, 2.24) is 5.32 Å². The van der Waals surface area contributed by atoms with Crippen LogP contribution in [0.15, 0.2) is 53.4 Å². The number of hydrogen-bond acceptors (Lipinski definition) is 3. The summed E-state index contributed by atoms with van der Waals surface area (Å²) in [7, 11) is -3.93. The number of sulfonamides is 1. The molecule has 0 aliphatic rings. The Balaban J connectivity index is 2.26. The van der Waals surface area contributed by atoms with Crippen LogP contribution in [0.5, 0.6) is 0 Å². The maximum atomic E-state index is 13.4. The number of hydrogen-bond donors (Lipinski definition) is 1. The van der Waals surface area contributed by atoms with Crippen molar-refractivity contribution in [3.63, 3.8) is 0 Å². The summed E-state index contributed by atoms with van der Waals surface area (Å²) >= 11 is 5.92. The molecule has 0 fully saturated rings. The number of aryl methyl sites for hydroxylation is 1. The van der Waals surface area contributed by atoms with E-state index in [9.17, 15) is 13.2 Å². The molecule has 0 unspecified atom stereocenters. The lowest BCUT2D eigenvalue weighted by Crippen LogP contribution is -2.42. The molecule has 30 heavy (non-hydrogen) atoms. The molecule has 2 aromatic rings. The third kappa shape index (κ3) is 6.47. The molecule has 164 valence electrons. The van der Waals surface area contributed by atoms with Crippen molar-refractivity contribution < 1.29 is 13.2 Å². The van der Waals surface area contributed by atoms with Crippen molar-refractivity contribution in [3.05, 3.63) is 59.1 Å². The Kier molecular flexibility index (Phi) is 9.18. The van der Waals surface area contributed by atoms with E-state index >= 15 is 0 Å². The predicted molar refractivity (Wildman–Crippen MR) is 123 cm³/mol. The SMILES string of the molecule is CCCC[C@H](CC)CNC(=O)CN(c1ccccc1C)S(=O)(=O)c1ccc(Cl)cc1. The molecule has 0 spiro atoms. The minimum atomic E-state index is -3.93. The van der Waals surface area contributed by atoms with Gasteiger partial charge in [0.05, 0.1) is 10.6 Å². The van der Waals surface area contributed by atoms with Crippen LogP contribution < -0.4 is 9.62 Å². The van der Waals surface area contributed by atoms with Gasteiger partial charge in [-0.25, -0.2) is 8.42 Å². The van der Waals surface area contributed by atoms with Gasteiger partial charge in [-0.3, -0.25) is 9.10 Å². The summed E-state index contributed by atoms with van der Waals surface area (Å²) in [5.41, 5.74) is 1.26. The van der Waals surface area contributed by atoms with E-state index in [1.54, 1.807) is 12.1 Å². The van der Waals surface area contributed by atoms with Gasteiger partial charge in [0.2, 0.25) is 5.91 Å². The van der Waals surface area contributed by atoms with Crippen LogP contribution in [0.3, 0.4) is 0 Å². The van der Waals surface area contributed by atoms with Gasteiger partial charge in [0.1, 0.15) is 6.54 Å². The minimum absolute atomic E-state index is 0.0948. The number of para-hydroxylation sites is 1. The molecule has 2 rings (SSSR count). The third-order valence-electron chi connectivity index (χ3n) is 5.20. The number of anilines is 1. The van der Waals surface area contributed by atoms with Gasteiger partial charge >= 0.3 is 0 Å². The van der Waals surface area contributed by atoms with Crippen molar-refractivity contribution in [2.75, 3.05) is 17.4 Å². The van der Waals surface area contributed by atoms with E-state index in [1.165, 1.54) is 28.6 Å². The summed E-state index contributed by atoms with van der Waals surface area (Å²) in [5, 5.41) is 3.38. The zero-order valence-corrected chi connectivity index (χ0v) is 19.5. The van der Waals surface area contributed by atoms with E-state index in [1.807, 2.05) is 19.1 Å². The van der Waals surface area contributed by atoms with E-state index in [4.69, 9.17) is 11.6 Å². The van der Waals surface area contributed by atoms with E-state index in [-0.39, 0.29) is 17.3 Å². The molecule has 0 saturated heterocycles. The molecule has 0 aliphatic carbocycles. The number of unbranched alkanes of at least 4 members (excludes halogenated alkanes) is 1. The van der Waals surface area contributed by atoms with E-state index < -0.39 is 10.0 Å². The Morgan fingerprint density at radius 3 is 2.37 bits per heavy atom. The molecule has 1 N–H and O–H groups in total. The zero-order valence-electron chi connectivity index (χ0n) is 17.9. The maximum absolute atomic E-state index is 13.4. The van der Waals surface area contributed by atoms with Gasteiger partial charge in [-0.2, -0.15) is 0 Å². The monoisotopic (exact) mass is 450 g/mol. The Morgan fingerprint density at radius 2 is 1.77 bits per heavy atom. The van der Waals surface area contributed by atoms with Gasteiger partial charge < -0.3 is 5.32 Å². The lowest BCUT2D eigenvalue weighted by molar-refractivity contribution is -0.119. The standard InChI is InChI=1S/C23H31ClN2O3S/c1-4-6-10-19(5-2)16-25-23(27)17-26(22-11-8-7-9-18(22)3)30(28,29)21-14-12-20(24)13-15-21/h7-9,11-15,19H,4-6,10,16-17H2,1-3H3,(H,25,27)/t19-/m0/s1. The van der Waals surface area contributed by atoms with E-state index in [0.717, 1.165) is 31.2 Å². The van der Waals surface area contributed by atoms with Crippen molar-refractivity contribution in [1.29, 1.82) is 0 Å². The number of rotatable bonds is 11. The molecule has 2 aromatic carbocycles. The largest absolute Gasteiger partial charge is 0.354 e.